The van der Waals surface area contributed by atoms with E-state index in [-0.39, 0.29) is 11.7 Å². The minimum atomic E-state index is -3.08. The number of amides is 1. The maximum atomic E-state index is 12.1. The van der Waals surface area contributed by atoms with Gasteiger partial charge >= 0.3 is 0 Å². The van der Waals surface area contributed by atoms with E-state index in [9.17, 15) is 13.2 Å². The summed E-state index contributed by atoms with van der Waals surface area (Å²) in [6.45, 7) is 12.8. The maximum Gasteiger partial charge on any atom is 0.224 e. The molecule has 0 atom stereocenters. The number of rotatable bonds is 6. The van der Waals surface area contributed by atoms with Gasteiger partial charge in [-0.3, -0.25) is 9.79 Å². The van der Waals surface area contributed by atoms with Crippen LogP contribution in [0.2, 0.25) is 0 Å². The second-order valence-corrected chi connectivity index (χ2v) is 9.29. The van der Waals surface area contributed by atoms with Gasteiger partial charge in [-0.1, -0.05) is 0 Å². The third-order valence-corrected chi connectivity index (χ3v) is 6.91. The number of carbonyl (C=O) groups excluding carboxylic acids is 1. The molecule has 0 aromatic rings. The molecule has 1 rings (SSSR count). The first-order valence-electron chi connectivity index (χ1n) is 8.71. The first-order chi connectivity index (χ1) is 11.2. The molecule has 0 radical (unpaired) electrons. The van der Waals surface area contributed by atoms with Gasteiger partial charge in [-0.05, 0) is 34.6 Å². The van der Waals surface area contributed by atoms with Crippen LogP contribution in [0.25, 0.3) is 0 Å². The van der Waals surface area contributed by atoms with Crippen molar-refractivity contribution in [3.63, 3.8) is 0 Å². The second-order valence-electron chi connectivity index (χ2n) is 6.55. The Morgan fingerprint density at radius 2 is 1.88 bits per heavy atom. The molecule has 0 saturated carbocycles. The van der Waals surface area contributed by atoms with E-state index >= 15 is 0 Å². The molecule has 0 unspecified atom stereocenters. The van der Waals surface area contributed by atoms with Crippen LogP contribution < -0.4 is 5.32 Å². The number of hydrogen-bond donors (Lipinski definition) is 1. The molecule has 1 saturated heterocycles. The number of aliphatic imine (C=N–C) groups is 1. The van der Waals surface area contributed by atoms with Crippen LogP contribution in [0.15, 0.2) is 4.99 Å². The zero-order valence-electron chi connectivity index (χ0n) is 15.6. The summed E-state index contributed by atoms with van der Waals surface area (Å²) in [6.07, 6.45) is 0.367. The van der Waals surface area contributed by atoms with Gasteiger partial charge in [0.25, 0.3) is 0 Å². The fourth-order valence-electron chi connectivity index (χ4n) is 2.74. The van der Waals surface area contributed by atoms with Crippen LogP contribution in [0, 0.1) is 0 Å². The largest absolute Gasteiger partial charge is 0.357 e. The summed E-state index contributed by atoms with van der Waals surface area (Å²) >= 11 is 0. The van der Waals surface area contributed by atoms with Crippen LogP contribution in [0.4, 0.5) is 0 Å². The lowest BCUT2D eigenvalue weighted by molar-refractivity contribution is -0.130. The summed E-state index contributed by atoms with van der Waals surface area (Å²) in [6, 6.07) is 0. The quantitative estimate of drug-likeness (QED) is 0.557. The van der Waals surface area contributed by atoms with E-state index in [0.717, 1.165) is 0 Å². The molecule has 0 aromatic heterocycles. The number of nitrogens with zero attached hydrogens (tertiary/aromatic N) is 3. The number of guanidine groups is 1. The lowest BCUT2D eigenvalue weighted by atomic mass is 10.2. The van der Waals surface area contributed by atoms with Crippen LogP contribution in [0.1, 0.15) is 41.0 Å². The van der Waals surface area contributed by atoms with Crippen LogP contribution in [-0.4, -0.2) is 79.9 Å². The van der Waals surface area contributed by atoms with Crippen LogP contribution in [-0.2, 0) is 14.6 Å². The minimum Gasteiger partial charge on any atom is -0.357 e. The molecular weight excluding hydrogens is 328 g/mol. The molecule has 140 valence electrons. The highest BCUT2D eigenvalue weighted by Crippen LogP contribution is 2.23. The summed E-state index contributed by atoms with van der Waals surface area (Å²) < 4.78 is 23.5. The van der Waals surface area contributed by atoms with E-state index in [0.29, 0.717) is 51.6 Å². The van der Waals surface area contributed by atoms with E-state index in [1.807, 2.05) is 25.7 Å². The van der Waals surface area contributed by atoms with E-state index in [2.05, 4.69) is 10.3 Å². The number of carbonyl (C=O) groups is 1. The third kappa shape index (κ3) is 5.09. The van der Waals surface area contributed by atoms with E-state index in [4.69, 9.17) is 0 Å². The molecule has 1 heterocycles. The molecule has 1 aliphatic rings. The summed E-state index contributed by atoms with van der Waals surface area (Å²) in [5, 5.41) is 3.20. The molecule has 1 fully saturated rings. The molecule has 0 bridgehead atoms. The zero-order chi connectivity index (χ0) is 18.4. The normalized spacial score (nSPS) is 19.9. The molecule has 1 N–H and O–H groups in total. The van der Waals surface area contributed by atoms with Gasteiger partial charge < -0.3 is 15.1 Å². The molecule has 24 heavy (non-hydrogen) atoms. The Morgan fingerprint density at radius 3 is 2.38 bits per heavy atom. The van der Waals surface area contributed by atoms with E-state index in [1.165, 1.54) is 0 Å². The van der Waals surface area contributed by atoms with E-state index < -0.39 is 14.6 Å². The van der Waals surface area contributed by atoms with Gasteiger partial charge in [0.05, 0.1) is 17.0 Å². The SMILES string of the molecule is CCNC(=NCCC(=O)N(CC)CC)N1CCS(=O)(=O)C(C)(C)C1. The maximum absolute atomic E-state index is 12.1. The molecule has 0 spiro atoms. The number of nitrogens with one attached hydrogen (secondary N) is 1. The van der Waals surface area contributed by atoms with Crippen LogP contribution in [0.3, 0.4) is 0 Å². The van der Waals surface area contributed by atoms with Crippen molar-refractivity contribution in [1.29, 1.82) is 0 Å². The first kappa shape index (κ1) is 20.7. The fourth-order valence-corrected chi connectivity index (χ4v) is 4.11. The fraction of sp³-hybridized carbons (Fsp3) is 0.875. The molecular formula is C16H32N4O3S. The zero-order valence-corrected chi connectivity index (χ0v) is 16.4. The Bertz CT molecular complexity index is 554. The Hall–Kier alpha value is -1.31. The Morgan fingerprint density at radius 1 is 1.25 bits per heavy atom. The topological polar surface area (TPSA) is 82.1 Å². The lowest BCUT2D eigenvalue weighted by Crippen LogP contribution is -2.57. The van der Waals surface area contributed by atoms with Gasteiger partial charge in [-0.2, -0.15) is 0 Å². The van der Waals surface area contributed by atoms with Crippen molar-refractivity contribution in [2.75, 3.05) is 45.0 Å². The molecule has 1 amide bonds. The highest BCUT2D eigenvalue weighted by atomic mass is 32.2. The van der Waals surface area contributed by atoms with Crippen molar-refractivity contribution in [2.45, 2.75) is 45.8 Å². The highest BCUT2D eigenvalue weighted by molar-refractivity contribution is 7.92. The number of sulfone groups is 1. The molecule has 1 aliphatic heterocycles. The summed E-state index contributed by atoms with van der Waals surface area (Å²) in [4.78, 5) is 20.4. The summed E-state index contributed by atoms with van der Waals surface area (Å²) in [5.74, 6) is 0.914. The van der Waals surface area contributed by atoms with Gasteiger partial charge in [-0.15, -0.1) is 0 Å². The van der Waals surface area contributed by atoms with Gasteiger partial charge in [0, 0.05) is 39.1 Å². The molecule has 8 heteroatoms. The summed E-state index contributed by atoms with van der Waals surface area (Å²) in [7, 11) is -3.08. The summed E-state index contributed by atoms with van der Waals surface area (Å²) in [5.41, 5.74) is 0. The molecule has 0 aromatic carbocycles. The van der Waals surface area contributed by atoms with Crippen molar-refractivity contribution in [3.8, 4) is 0 Å². The third-order valence-electron chi connectivity index (χ3n) is 4.38. The van der Waals surface area contributed by atoms with Crippen molar-refractivity contribution in [1.82, 2.24) is 15.1 Å². The molecule has 0 aliphatic carbocycles. The standard InChI is InChI=1S/C16H32N4O3S/c1-6-17-15(18-10-9-14(21)19(7-2)8-3)20-11-12-24(22,23)16(4,5)13-20/h6-13H2,1-5H3,(H,17,18). The average molecular weight is 361 g/mol. The van der Waals surface area contributed by atoms with Gasteiger partial charge in [0.2, 0.25) is 5.91 Å². The minimum absolute atomic E-state index is 0.0983. The van der Waals surface area contributed by atoms with Crippen molar-refractivity contribution < 1.29 is 13.2 Å². The molecule has 7 nitrogen and oxygen atoms in total. The predicted octanol–water partition coefficient (Wildman–Crippen LogP) is 0.719. The van der Waals surface area contributed by atoms with Crippen molar-refractivity contribution >= 4 is 21.7 Å². The second kappa shape index (κ2) is 8.69. The Balaban J connectivity index is 2.75. The van der Waals surface area contributed by atoms with Crippen molar-refractivity contribution in [3.05, 3.63) is 0 Å². The Labute approximate surface area is 146 Å². The first-order valence-corrected chi connectivity index (χ1v) is 10.4. The van der Waals surface area contributed by atoms with Crippen molar-refractivity contribution in [2.24, 2.45) is 4.99 Å². The predicted molar refractivity (Wildman–Crippen MR) is 98.0 cm³/mol. The number of hydrogen-bond acceptors (Lipinski definition) is 4. The Kier molecular flexibility index (Phi) is 7.51. The van der Waals surface area contributed by atoms with Crippen LogP contribution >= 0.6 is 0 Å². The smallest absolute Gasteiger partial charge is 0.224 e. The van der Waals surface area contributed by atoms with Gasteiger partial charge in [0.15, 0.2) is 15.8 Å². The monoisotopic (exact) mass is 360 g/mol. The van der Waals surface area contributed by atoms with E-state index in [1.54, 1.807) is 18.7 Å². The van der Waals surface area contributed by atoms with Gasteiger partial charge in [0.1, 0.15) is 0 Å². The lowest BCUT2D eigenvalue weighted by Gasteiger charge is -2.39. The average Bonchev–Trinajstić information content (AvgIpc) is 2.50. The van der Waals surface area contributed by atoms with Crippen LogP contribution in [0.5, 0.6) is 0 Å². The highest BCUT2D eigenvalue weighted by Gasteiger charge is 2.40. The van der Waals surface area contributed by atoms with Gasteiger partial charge in [-0.25, -0.2) is 8.42 Å².